The fourth-order valence-electron chi connectivity index (χ4n) is 3.64. The maximum absolute atomic E-state index is 13.3. The van der Waals surface area contributed by atoms with Gasteiger partial charge in [-0.3, -0.25) is 4.79 Å². The first-order valence-electron chi connectivity index (χ1n) is 10.6. The zero-order valence-electron chi connectivity index (χ0n) is 18.3. The third kappa shape index (κ3) is 5.26. The van der Waals surface area contributed by atoms with Crippen molar-refractivity contribution in [3.05, 3.63) is 94.1 Å². The van der Waals surface area contributed by atoms with Crippen molar-refractivity contribution in [2.24, 2.45) is 0 Å². The Morgan fingerprint density at radius 3 is 2.48 bits per heavy atom. The van der Waals surface area contributed by atoms with Gasteiger partial charge in [0.2, 0.25) is 5.91 Å². The minimum Gasteiger partial charge on any atom is -0.410 e. The summed E-state index contributed by atoms with van der Waals surface area (Å²) in [7, 11) is 0. The smallest absolute Gasteiger partial charge is 0.410 e. The van der Waals surface area contributed by atoms with Crippen molar-refractivity contribution >= 4 is 44.5 Å². The molecule has 0 radical (unpaired) electrons. The van der Waals surface area contributed by atoms with E-state index in [0.717, 1.165) is 32.1 Å². The van der Waals surface area contributed by atoms with Gasteiger partial charge >= 0.3 is 6.09 Å². The van der Waals surface area contributed by atoms with Gasteiger partial charge in [-0.05, 0) is 60.9 Å². The fourth-order valence-corrected chi connectivity index (χ4v) is 4.07. The molecule has 0 spiro atoms. The summed E-state index contributed by atoms with van der Waals surface area (Å²) in [4.78, 5) is 29.1. The highest BCUT2D eigenvalue weighted by Gasteiger charge is 2.24. The fraction of sp³-hybridized carbons (Fsp3) is 0.154. The van der Waals surface area contributed by atoms with Crippen molar-refractivity contribution in [2.45, 2.75) is 26.3 Å². The number of ether oxygens (including phenoxy) is 1. The van der Waals surface area contributed by atoms with Crippen LogP contribution in [0.1, 0.15) is 16.7 Å². The SMILES string of the molecule is Cc1c(Br)ccc(NC(=O)[C@H](Cc2c[nH]c3ccccc23)NC(=O)Oc2ccccc2)c1C. The number of nitrogens with one attached hydrogen (secondary N) is 3. The van der Waals surface area contributed by atoms with Gasteiger partial charge in [-0.25, -0.2) is 4.79 Å². The zero-order chi connectivity index (χ0) is 23.4. The van der Waals surface area contributed by atoms with Gasteiger partial charge in [0, 0.05) is 33.7 Å². The summed E-state index contributed by atoms with van der Waals surface area (Å²) in [5, 5.41) is 6.71. The van der Waals surface area contributed by atoms with Crippen LogP contribution in [-0.4, -0.2) is 23.0 Å². The van der Waals surface area contributed by atoms with Gasteiger partial charge in [0.15, 0.2) is 0 Å². The summed E-state index contributed by atoms with van der Waals surface area (Å²) < 4.78 is 6.34. The van der Waals surface area contributed by atoms with E-state index in [4.69, 9.17) is 4.74 Å². The largest absolute Gasteiger partial charge is 0.413 e. The van der Waals surface area contributed by atoms with Gasteiger partial charge in [0.25, 0.3) is 0 Å². The summed E-state index contributed by atoms with van der Waals surface area (Å²) in [5.41, 5.74) is 4.59. The highest BCUT2D eigenvalue weighted by molar-refractivity contribution is 9.10. The van der Waals surface area contributed by atoms with Crippen LogP contribution in [0.15, 0.2) is 77.4 Å². The number of H-pyrrole nitrogens is 1. The molecule has 1 aromatic heterocycles. The molecule has 33 heavy (non-hydrogen) atoms. The number of fused-ring (bicyclic) bond motifs is 1. The molecule has 0 saturated carbocycles. The van der Waals surface area contributed by atoms with Crippen molar-refractivity contribution in [3.63, 3.8) is 0 Å². The van der Waals surface area contributed by atoms with E-state index in [1.807, 2.05) is 62.5 Å². The van der Waals surface area contributed by atoms with Gasteiger partial charge < -0.3 is 20.4 Å². The predicted octanol–water partition coefficient (Wildman–Crippen LogP) is 5.89. The number of halogens is 1. The molecule has 3 N–H and O–H groups in total. The molecule has 0 unspecified atom stereocenters. The standard InChI is InChI=1S/C26H24BrN3O3/c1-16-17(2)22(13-12-21(16)27)29-25(31)24(30-26(32)33-19-8-4-3-5-9-19)14-18-15-28-23-11-7-6-10-20(18)23/h3-13,15,24,28H,14H2,1-2H3,(H,29,31)(H,30,32)/t24-/m0/s1. The molecule has 7 heteroatoms. The topological polar surface area (TPSA) is 83.2 Å². The van der Waals surface area contributed by atoms with Gasteiger partial charge in [-0.15, -0.1) is 0 Å². The van der Waals surface area contributed by atoms with Crippen LogP contribution in [0.4, 0.5) is 10.5 Å². The molecule has 0 aliphatic carbocycles. The van der Waals surface area contributed by atoms with Gasteiger partial charge in [-0.2, -0.15) is 0 Å². The molecule has 0 saturated heterocycles. The van der Waals surface area contributed by atoms with Crippen molar-refractivity contribution in [1.29, 1.82) is 0 Å². The van der Waals surface area contributed by atoms with E-state index < -0.39 is 12.1 Å². The molecule has 0 aliphatic heterocycles. The average Bonchev–Trinajstić information content (AvgIpc) is 3.22. The predicted molar refractivity (Wildman–Crippen MR) is 134 cm³/mol. The van der Waals surface area contributed by atoms with Crippen LogP contribution in [-0.2, 0) is 11.2 Å². The Bertz CT molecular complexity index is 1300. The molecule has 0 fully saturated rings. The third-order valence-corrected chi connectivity index (χ3v) is 6.50. The number of para-hydroxylation sites is 2. The molecule has 4 aromatic rings. The van der Waals surface area contributed by atoms with E-state index in [9.17, 15) is 9.59 Å². The van der Waals surface area contributed by atoms with Crippen molar-refractivity contribution in [2.75, 3.05) is 5.32 Å². The van der Waals surface area contributed by atoms with Crippen LogP contribution < -0.4 is 15.4 Å². The van der Waals surface area contributed by atoms with Crippen LogP contribution in [0.5, 0.6) is 5.75 Å². The number of hydrogen-bond donors (Lipinski definition) is 3. The molecule has 1 atom stereocenters. The van der Waals surface area contributed by atoms with Crippen molar-refractivity contribution < 1.29 is 14.3 Å². The summed E-state index contributed by atoms with van der Waals surface area (Å²) in [5.74, 6) is 0.0794. The van der Waals surface area contributed by atoms with Crippen LogP contribution in [0.3, 0.4) is 0 Å². The van der Waals surface area contributed by atoms with E-state index >= 15 is 0 Å². The number of carbonyl (C=O) groups is 2. The summed E-state index contributed by atoms with van der Waals surface area (Å²) in [6, 6.07) is 19.5. The molecule has 1 heterocycles. The lowest BCUT2D eigenvalue weighted by Gasteiger charge is -2.20. The second kappa shape index (κ2) is 9.92. The lowest BCUT2D eigenvalue weighted by atomic mass is 10.0. The number of benzene rings is 3. The molecule has 4 rings (SSSR count). The van der Waals surface area contributed by atoms with Crippen molar-refractivity contribution in [1.82, 2.24) is 10.3 Å². The van der Waals surface area contributed by atoms with E-state index in [2.05, 4.69) is 31.5 Å². The first-order chi connectivity index (χ1) is 15.9. The maximum Gasteiger partial charge on any atom is 0.413 e. The molecule has 6 nitrogen and oxygen atoms in total. The van der Waals surface area contributed by atoms with Gasteiger partial charge in [0.1, 0.15) is 11.8 Å². The Morgan fingerprint density at radius 1 is 0.970 bits per heavy atom. The molecule has 0 bridgehead atoms. The molecule has 3 aromatic carbocycles. The average molecular weight is 506 g/mol. The maximum atomic E-state index is 13.3. The van der Waals surface area contributed by atoms with E-state index in [-0.39, 0.29) is 5.91 Å². The summed E-state index contributed by atoms with van der Waals surface area (Å²) >= 11 is 3.51. The van der Waals surface area contributed by atoms with Crippen LogP contribution in [0.2, 0.25) is 0 Å². The first-order valence-corrected chi connectivity index (χ1v) is 11.4. The Kier molecular flexibility index (Phi) is 6.79. The summed E-state index contributed by atoms with van der Waals surface area (Å²) in [6.45, 7) is 3.93. The van der Waals surface area contributed by atoms with Crippen LogP contribution >= 0.6 is 15.9 Å². The Morgan fingerprint density at radius 2 is 1.70 bits per heavy atom. The molecule has 168 valence electrons. The minimum absolute atomic E-state index is 0.300. The second-order valence-electron chi connectivity index (χ2n) is 7.80. The summed E-state index contributed by atoms with van der Waals surface area (Å²) in [6.07, 6.45) is 1.48. The van der Waals surface area contributed by atoms with E-state index in [1.54, 1.807) is 24.3 Å². The monoisotopic (exact) mass is 505 g/mol. The lowest BCUT2D eigenvalue weighted by molar-refractivity contribution is -0.118. The number of amides is 2. The Labute approximate surface area is 200 Å². The number of rotatable bonds is 6. The minimum atomic E-state index is -0.844. The molecular formula is C26H24BrN3O3. The molecular weight excluding hydrogens is 482 g/mol. The quantitative estimate of drug-likeness (QED) is 0.305. The normalized spacial score (nSPS) is 11.7. The van der Waals surface area contributed by atoms with Crippen LogP contribution in [0.25, 0.3) is 10.9 Å². The Hall–Kier alpha value is -3.58. The second-order valence-corrected chi connectivity index (χ2v) is 8.65. The highest BCUT2D eigenvalue weighted by Crippen LogP contribution is 2.26. The Balaban J connectivity index is 1.58. The zero-order valence-corrected chi connectivity index (χ0v) is 19.9. The van der Waals surface area contributed by atoms with Gasteiger partial charge in [-0.1, -0.05) is 52.3 Å². The third-order valence-electron chi connectivity index (χ3n) is 5.64. The number of aromatic nitrogens is 1. The number of aromatic amines is 1. The number of carbonyl (C=O) groups excluding carboxylic acids is 2. The van der Waals surface area contributed by atoms with Crippen LogP contribution in [0, 0.1) is 13.8 Å². The van der Waals surface area contributed by atoms with Crippen molar-refractivity contribution in [3.8, 4) is 5.75 Å². The van der Waals surface area contributed by atoms with Gasteiger partial charge in [0.05, 0.1) is 0 Å². The van der Waals surface area contributed by atoms with E-state index in [0.29, 0.717) is 17.9 Å². The lowest BCUT2D eigenvalue weighted by Crippen LogP contribution is -2.46. The molecule has 2 amide bonds. The molecule has 0 aliphatic rings. The van der Waals surface area contributed by atoms with E-state index in [1.165, 1.54) is 0 Å². The highest BCUT2D eigenvalue weighted by atomic mass is 79.9. The number of hydrogen-bond acceptors (Lipinski definition) is 3. The number of anilines is 1. The first kappa shape index (κ1) is 22.6.